The number of hydrogen-bond donors (Lipinski definition) is 0. The minimum Gasteiger partial charge on any atom is -0.371 e. The SMILES string of the molecule is CN1CCN(CC2=NN3CC2C3c2ccccc2Cl)c2ccc(F)cc21. The molecule has 4 nitrogen and oxygen atoms in total. The van der Waals surface area contributed by atoms with Gasteiger partial charge in [-0.1, -0.05) is 29.8 Å². The smallest absolute Gasteiger partial charge is 0.125 e. The number of anilines is 2. The van der Waals surface area contributed by atoms with Crippen molar-refractivity contribution in [2.24, 2.45) is 11.0 Å². The molecule has 0 amide bonds. The van der Waals surface area contributed by atoms with Crippen LogP contribution in [0.15, 0.2) is 47.6 Å². The second-order valence-corrected chi connectivity index (χ2v) is 7.67. The van der Waals surface area contributed by atoms with Crippen molar-refractivity contribution in [2.75, 3.05) is 43.0 Å². The number of fused-ring (bicyclic) bond motifs is 1. The normalized spacial score (nSPS) is 23.7. The van der Waals surface area contributed by atoms with Crippen LogP contribution in [0.3, 0.4) is 0 Å². The summed E-state index contributed by atoms with van der Waals surface area (Å²) in [6.45, 7) is 3.55. The van der Waals surface area contributed by atoms with Crippen LogP contribution < -0.4 is 9.80 Å². The number of rotatable bonds is 3. The minimum absolute atomic E-state index is 0.192. The van der Waals surface area contributed by atoms with Gasteiger partial charge >= 0.3 is 0 Å². The highest BCUT2D eigenvalue weighted by molar-refractivity contribution is 6.31. The first kappa shape index (κ1) is 15.9. The molecular weight excluding hydrogens is 351 g/mol. The third kappa shape index (κ3) is 2.37. The van der Waals surface area contributed by atoms with Gasteiger partial charge < -0.3 is 9.80 Å². The van der Waals surface area contributed by atoms with Crippen LogP contribution in [-0.4, -0.2) is 43.9 Å². The maximum atomic E-state index is 13.7. The molecule has 4 aliphatic rings. The lowest BCUT2D eigenvalue weighted by atomic mass is 9.83. The van der Waals surface area contributed by atoms with Crippen LogP contribution in [0.5, 0.6) is 0 Å². The first-order valence-corrected chi connectivity index (χ1v) is 9.33. The van der Waals surface area contributed by atoms with Gasteiger partial charge in [-0.05, 0) is 29.8 Å². The number of likely N-dealkylation sites (N-methyl/N-ethyl adjacent to an activating group) is 1. The average Bonchev–Trinajstić information content (AvgIpc) is 3.18. The minimum atomic E-state index is -0.192. The van der Waals surface area contributed by atoms with Crippen LogP contribution >= 0.6 is 11.6 Å². The predicted octanol–water partition coefficient (Wildman–Crippen LogP) is 3.78. The molecule has 2 aromatic carbocycles. The fourth-order valence-corrected chi connectivity index (χ4v) is 4.54. The summed E-state index contributed by atoms with van der Waals surface area (Å²) >= 11 is 6.40. The molecule has 0 N–H and O–H groups in total. The van der Waals surface area contributed by atoms with E-state index in [4.69, 9.17) is 16.7 Å². The van der Waals surface area contributed by atoms with Crippen molar-refractivity contribution in [3.63, 3.8) is 0 Å². The summed E-state index contributed by atoms with van der Waals surface area (Å²) in [5.74, 6) is 0.223. The standard InChI is InChI=1S/C20H20ClFN4/c1-24-8-9-25(18-7-6-13(22)10-19(18)24)12-17-15-11-26(23-17)20(15)14-4-2-3-5-16(14)21/h2-7,10,15,20H,8-9,11-12H2,1H3. The lowest BCUT2D eigenvalue weighted by molar-refractivity contribution is 0.0894. The molecule has 0 aliphatic carbocycles. The van der Waals surface area contributed by atoms with Crippen molar-refractivity contribution in [2.45, 2.75) is 6.04 Å². The summed E-state index contributed by atoms with van der Waals surface area (Å²) < 4.78 is 13.7. The van der Waals surface area contributed by atoms with E-state index in [1.54, 1.807) is 6.07 Å². The van der Waals surface area contributed by atoms with Gasteiger partial charge in [0.25, 0.3) is 0 Å². The zero-order chi connectivity index (χ0) is 17.8. The molecule has 6 heteroatoms. The Morgan fingerprint density at radius 1 is 1.15 bits per heavy atom. The topological polar surface area (TPSA) is 22.1 Å². The second kappa shape index (κ2) is 5.88. The van der Waals surface area contributed by atoms with Crippen molar-refractivity contribution >= 4 is 28.7 Å². The van der Waals surface area contributed by atoms with E-state index in [-0.39, 0.29) is 11.9 Å². The molecule has 4 heterocycles. The lowest BCUT2D eigenvalue weighted by Gasteiger charge is -2.40. The molecule has 0 aromatic heterocycles. The van der Waals surface area contributed by atoms with Crippen LogP contribution in [0.25, 0.3) is 0 Å². The first-order valence-electron chi connectivity index (χ1n) is 8.96. The van der Waals surface area contributed by atoms with E-state index >= 15 is 0 Å². The van der Waals surface area contributed by atoms with Gasteiger partial charge in [0.15, 0.2) is 0 Å². The molecule has 2 bridgehead atoms. The van der Waals surface area contributed by atoms with Gasteiger partial charge in [0, 0.05) is 37.6 Å². The molecule has 1 saturated heterocycles. The number of hydrazone groups is 1. The number of halogens is 2. The first-order chi connectivity index (χ1) is 12.6. The Morgan fingerprint density at radius 3 is 2.85 bits per heavy atom. The number of benzene rings is 2. The molecule has 0 saturated carbocycles. The van der Waals surface area contributed by atoms with E-state index in [9.17, 15) is 4.39 Å². The average molecular weight is 371 g/mol. The quantitative estimate of drug-likeness (QED) is 0.821. The summed E-state index contributed by atoms with van der Waals surface area (Å²) in [5.41, 5.74) is 4.39. The van der Waals surface area contributed by atoms with Crippen molar-refractivity contribution < 1.29 is 4.39 Å². The molecule has 6 rings (SSSR count). The Hall–Kier alpha value is -2.27. The van der Waals surface area contributed by atoms with Gasteiger partial charge in [-0.25, -0.2) is 4.39 Å². The third-order valence-electron chi connectivity index (χ3n) is 5.74. The molecule has 2 unspecified atom stereocenters. The van der Waals surface area contributed by atoms with Crippen molar-refractivity contribution in [1.82, 2.24) is 5.01 Å². The van der Waals surface area contributed by atoms with E-state index in [1.165, 1.54) is 11.8 Å². The zero-order valence-electron chi connectivity index (χ0n) is 14.6. The van der Waals surface area contributed by atoms with E-state index in [1.807, 2.05) is 31.3 Å². The van der Waals surface area contributed by atoms with Gasteiger partial charge in [0.05, 0.1) is 29.7 Å². The molecule has 134 valence electrons. The molecule has 1 fully saturated rings. The summed E-state index contributed by atoms with van der Waals surface area (Å²) in [6, 6.07) is 13.3. The molecule has 0 spiro atoms. The Labute approximate surface area is 157 Å². The number of nitrogens with zero attached hydrogens (tertiary/aromatic N) is 4. The summed E-state index contributed by atoms with van der Waals surface area (Å²) in [7, 11) is 2.01. The van der Waals surface area contributed by atoms with Gasteiger partial charge in [0.1, 0.15) is 5.82 Å². The molecule has 4 aliphatic heterocycles. The maximum Gasteiger partial charge on any atom is 0.125 e. The van der Waals surface area contributed by atoms with Crippen LogP contribution in [0, 0.1) is 11.7 Å². The molecular formula is C20H20ClFN4. The van der Waals surface area contributed by atoms with Crippen LogP contribution in [0.1, 0.15) is 11.6 Å². The fourth-order valence-electron chi connectivity index (χ4n) is 4.30. The second-order valence-electron chi connectivity index (χ2n) is 7.26. The van der Waals surface area contributed by atoms with E-state index in [0.29, 0.717) is 5.92 Å². The van der Waals surface area contributed by atoms with Crippen molar-refractivity contribution in [3.05, 3.63) is 58.9 Å². The zero-order valence-corrected chi connectivity index (χ0v) is 15.3. The number of hydrogen-bond acceptors (Lipinski definition) is 4. The lowest BCUT2D eigenvalue weighted by Crippen LogP contribution is -2.46. The van der Waals surface area contributed by atoms with Gasteiger partial charge in [-0.2, -0.15) is 5.10 Å². The van der Waals surface area contributed by atoms with E-state index < -0.39 is 0 Å². The van der Waals surface area contributed by atoms with Crippen molar-refractivity contribution in [3.8, 4) is 0 Å². The maximum absolute atomic E-state index is 13.7. The summed E-state index contributed by atoms with van der Waals surface area (Å²) in [6.07, 6.45) is 0. The van der Waals surface area contributed by atoms with Gasteiger partial charge in [-0.15, -0.1) is 0 Å². The molecule has 0 radical (unpaired) electrons. The fraction of sp³-hybridized carbons (Fsp3) is 0.350. The third-order valence-corrected chi connectivity index (χ3v) is 6.09. The van der Waals surface area contributed by atoms with Gasteiger partial charge in [-0.3, -0.25) is 5.01 Å². The van der Waals surface area contributed by atoms with Crippen LogP contribution in [0.4, 0.5) is 15.8 Å². The van der Waals surface area contributed by atoms with E-state index in [0.717, 1.165) is 48.1 Å². The highest BCUT2D eigenvalue weighted by Crippen LogP contribution is 2.47. The monoisotopic (exact) mass is 370 g/mol. The highest BCUT2D eigenvalue weighted by atomic mass is 35.5. The molecule has 2 atom stereocenters. The Kier molecular flexibility index (Phi) is 3.60. The Balaban J connectivity index is 1.38. The van der Waals surface area contributed by atoms with Gasteiger partial charge in [0.2, 0.25) is 0 Å². The molecule has 26 heavy (non-hydrogen) atoms. The van der Waals surface area contributed by atoms with E-state index in [2.05, 4.69) is 20.9 Å². The van der Waals surface area contributed by atoms with Crippen LogP contribution in [-0.2, 0) is 0 Å². The predicted molar refractivity (Wildman–Crippen MR) is 104 cm³/mol. The van der Waals surface area contributed by atoms with Crippen LogP contribution in [0.2, 0.25) is 5.02 Å². The molecule has 2 aromatic rings. The largest absolute Gasteiger partial charge is 0.371 e. The highest BCUT2D eigenvalue weighted by Gasteiger charge is 2.49. The Bertz CT molecular complexity index is 899. The summed E-state index contributed by atoms with van der Waals surface area (Å²) in [4.78, 5) is 4.43. The summed E-state index contributed by atoms with van der Waals surface area (Å²) in [5, 5.41) is 7.78. The van der Waals surface area contributed by atoms with Crippen molar-refractivity contribution in [1.29, 1.82) is 0 Å². The Morgan fingerprint density at radius 2 is 2.00 bits per heavy atom.